The third kappa shape index (κ3) is 4.13. The van der Waals surface area contributed by atoms with E-state index in [0.29, 0.717) is 13.1 Å². The molecule has 0 saturated carbocycles. The number of nitrogens with one attached hydrogen (secondary N) is 1. The molecule has 3 aliphatic rings. The summed E-state index contributed by atoms with van der Waals surface area (Å²) in [6.07, 6.45) is 2.80. The van der Waals surface area contributed by atoms with Crippen molar-refractivity contribution in [1.82, 2.24) is 15.1 Å². The van der Waals surface area contributed by atoms with Crippen molar-refractivity contribution in [1.29, 1.82) is 0 Å². The third-order valence-corrected chi connectivity index (χ3v) is 8.03. The molecule has 1 N–H and O–H groups in total. The second-order valence-corrected chi connectivity index (χ2v) is 10.1. The summed E-state index contributed by atoms with van der Waals surface area (Å²) < 4.78 is 0. The molecular weight excluding hydrogens is 446 g/mol. The summed E-state index contributed by atoms with van der Waals surface area (Å²) in [5.41, 5.74) is 5.65. The lowest BCUT2D eigenvalue weighted by Gasteiger charge is -2.38. The Morgan fingerprint density at radius 2 is 1.31 bits per heavy atom. The van der Waals surface area contributed by atoms with Gasteiger partial charge < -0.3 is 15.1 Å². The zero-order valence-corrected chi connectivity index (χ0v) is 20.2. The molecule has 2 heterocycles. The van der Waals surface area contributed by atoms with Gasteiger partial charge in [0.25, 0.3) is 5.91 Å². The first-order chi connectivity index (χ1) is 17.6. The van der Waals surface area contributed by atoms with Crippen LogP contribution in [0.5, 0.6) is 0 Å². The van der Waals surface area contributed by atoms with Crippen LogP contribution in [0, 0.1) is 17.3 Å². The van der Waals surface area contributed by atoms with Crippen LogP contribution >= 0.6 is 0 Å². The molecule has 3 aromatic carbocycles. The molecule has 180 valence electrons. The van der Waals surface area contributed by atoms with E-state index >= 15 is 0 Å². The maximum atomic E-state index is 13.4. The maximum Gasteiger partial charge on any atom is 0.318 e. The average Bonchev–Trinajstić information content (AvgIpc) is 3.48. The number of hydrogen-bond acceptors (Lipinski definition) is 2. The number of fused-ring (bicyclic) bond motifs is 3. The fourth-order valence-corrected chi connectivity index (χ4v) is 5.95. The van der Waals surface area contributed by atoms with E-state index in [-0.39, 0.29) is 23.4 Å². The molecule has 5 nitrogen and oxygen atoms in total. The van der Waals surface area contributed by atoms with Gasteiger partial charge in [-0.25, -0.2) is 4.79 Å². The molecule has 1 spiro atoms. The normalized spacial score (nSPS) is 17.8. The van der Waals surface area contributed by atoms with Gasteiger partial charge in [-0.3, -0.25) is 4.79 Å². The van der Waals surface area contributed by atoms with E-state index < -0.39 is 0 Å². The van der Waals surface area contributed by atoms with Crippen molar-refractivity contribution in [2.24, 2.45) is 5.41 Å². The number of likely N-dealkylation sites (tertiary alicyclic amines) is 2. The van der Waals surface area contributed by atoms with E-state index in [9.17, 15) is 9.59 Å². The van der Waals surface area contributed by atoms with Gasteiger partial charge in [-0.05, 0) is 59.1 Å². The first kappa shape index (κ1) is 22.4. The first-order valence-corrected chi connectivity index (χ1v) is 12.7. The number of carbonyl (C=O) groups excluding carboxylic acids is 2. The standard InChI is InChI=1S/C31H29N3O2/c35-28(15-14-23-8-2-1-3-9-23)33-19-16-31(17-20-33)18-21-34(22-31)30(36)32-29-26-12-6-4-10-24(26)25-11-5-7-13-27(25)29/h1-13,29H,16-22H2,(H,32,36). The predicted octanol–water partition coefficient (Wildman–Crippen LogP) is 4.83. The molecule has 2 saturated heterocycles. The van der Waals surface area contributed by atoms with Gasteiger partial charge in [0.15, 0.2) is 0 Å². The molecular formula is C31H29N3O2. The zero-order valence-electron chi connectivity index (χ0n) is 20.2. The average molecular weight is 476 g/mol. The van der Waals surface area contributed by atoms with E-state index in [1.807, 2.05) is 52.3 Å². The number of hydrogen-bond donors (Lipinski definition) is 1. The minimum atomic E-state index is -0.121. The lowest BCUT2D eigenvalue weighted by molar-refractivity contribution is -0.127. The van der Waals surface area contributed by atoms with Crippen molar-refractivity contribution >= 4 is 11.9 Å². The molecule has 3 aromatic rings. The van der Waals surface area contributed by atoms with Crippen LogP contribution in [0.2, 0.25) is 0 Å². The quantitative estimate of drug-likeness (QED) is 0.513. The number of amides is 3. The summed E-state index contributed by atoms with van der Waals surface area (Å²) in [7, 11) is 0. The molecule has 5 heteroatoms. The molecule has 1 aliphatic carbocycles. The van der Waals surface area contributed by atoms with Crippen LogP contribution in [0.4, 0.5) is 4.79 Å². The van der Waals surface area contributed by atoms with Gasteiger partial charge in [0, 0.05) is 37.7 Å². The topological polar surface area (TPSA) is 52.7 Å². The fraction of sp³-hybridized carbons (Fsp3) is 0.290. The molecule has 2 fully saturated rings. The maximum absolute atomic E-state index is 13.4. The Bertz CT molecular complexity index is 1320. The highest BCUT2D eigenvalue weighted by Gasteiger charge is 2.43. The molecule has 2 aliphatic heterocycles. The summed E-state index contributed by atoms with van der Waals surface area (Å²) in [5, 5.41) is 3.32. The highest BCUT2D eigenvalue weighted by molar-refractivity contribution is 5.94. The minimum Gasteiger partial charge on any atom is -0.332 e. The summed E-state index contributed by atoms with van der Waals surface area (Å²) >= 11 is 0. The van der Waals surface area contributed by atoms with Gasteiger partial charge in [0.2, 0.25) is 0 Å². The number of benzene rings is 3. The zero-order chi connectivity index (χ0) is 24.5. The highest BCUT2D eigenvalue weighted by Crippen LogP contribution is 2.44. The molecule has 0 radical (unpaired) electrons. The second-order valence-electron chi connectivity index (χ2n) is 10.1. The number of rotatable bonds is 1. The lowest BCUT2D eigenvalue weighted by atomic mass is 9.78. The van der Waals surface area contributed by atoms with Crippen molar-refractivity contribution in [3.8, 4) is 23.0 Å². The summed E-state index contributed by atoms with van der Waals surface area (Å²) in [6.45, 7) is 2.89. The van der Waals surface area contributed by atoms with Crippen LogP contribution in [-0.4, -0.2) is 47.9 Å². The number of piperidine rings is 1. The monoisotopic (exact) mass is 475 g/mol. The molecule has 3 amide bonds. The summed E-state index contributed by atoms with van der Waals surface area (Å²) in [5.74, 6) is 5.65. The van der Waals surface area contributed by atoms with Gasteiger partial charge >= 0.3 is 6.03 Å². The van der Waals surface area contributed by atoms with E-state index in [1.54, 1.807) is 0 Å². The van der Waals surface area contributed by atoms with E-state index in [1.165, 1.54) is 11.1 Å². The smallest absolute Gasteiger partial charge is 0.318 e. The first-order valence-electron chi connectivity index (χ1n) is 12.7. The van der Waals surface area contributed by atoms with Gasteiger partial charge in [-0.2, -0.15) is 0 Å². The van der Waals surface area contributed by atoms with Gasteiger partial charge in [0.1, 0.15) is 0 Å². The summed E-state index contributed by atoms with van der Waals surface area (Å²) in [4.78, 5) is 29.8. The minimum absolute atomic E-state index is 0.00406. The van der Waals surface area contributed by atoms with Crippen molar-refractivity contribution < 1.29 is 9.59 Å². The van der Waals surface area contributed by atoms with Crippen molar-refractivity contribution in [3.05, 3.63) is 95.6 Å². The Kier molecular flexibility index (Phi) is 5.73. The van der Waals surface area contributed by atoms with Gasteiger partial charge in [0.05, 0.1) is 6.04 Å². The Labute approximate surface area is 212 Å². The van der Waals surface area contributed by atoms with E-state index in [2.05, 4.69) is 53.6 Å². The lowest BCUT2D eigenvalue weighted by Crippen LogP contribution is -2.46. The predicted molar refractivity (Wildman–Crippen MR) is 140 cm³/mol. The van der Waals surface area contributed by atoms with Crippen molar-refractivity contribution in [3.63, 3.8) is 0 Å². The Morgan fingerprint density at radius 1 is 0.750 bits per heavy atom. The van der Waals surface area contributed by atoms with Crippen LogP contribution in [0.3, 0.4) is 0 Å². The number of urea groups is 1. The molecule has 0 bridgehead atoms. The molecule has 6 rings (SSSR count). The van der Waals surface area contributed by atoms with Crippen molar-refractivity contribution in [2.45, 2.75) is 25.3 Å². The molecule has 0 aromatic heterocycles. The fourth-order valence-electron chi connectivity index (χ4n) is 5.95. The largest absolute Gasteiger partial charge is 0.332 e. The highest BCUT2D eigenvalue weighted by atomic mass is 16.2. The van der Waals surface area contributed by atoms with E-state index in [4.69, 9.17) is 0 Å². The summed E-state index contributed by atoms with van der Waals surface area (Å²) in [6, 6.07) is 26.1. The van der Waals surface area contributed by atoms with Crippen molar-refractivity contribution in [2.75, 3.05) is 26.2 Å². The van der Waals surface area contributed by atoms with Crippen LogP contribution in [0.25, 0.3) is 11.1 Å². The van der Waals surface area contributed by atoms with Crippen LogP contribution < -0.4 is 5.32 Å². The molecule has 36 heavy (non-hydrogen) atoms. The Hall–Kier alpha value is -4.04. The van der Waals surface area contributed by atoms with Gasteiger partial charge in [-0.15, -0.1) is 0 Å². The third-order valence-electron chi connectivity index (χ3n) is 8.03. The Morgan fingerprint density at radius 3 is 1.94 bits per heavy atom. The number of carbonyl (C=O) groups is 2. The van der Waals surface area contributed by atoms with E-state index in [0.717, 1.165) is 49.0 Å². The Balaban J connectivity index is 1.08. The number of nitrogens with zero attached hydrogens (tertiary/aromatic N) is 2. The second kappa shape index (κ2) is 9.20. The molecule has 0 atom stereocenters. The van der Waals surface area contributed by atoms with Gasteiger partial charge in [-0.1, -0.05) is 72.7 Å². The van der Waals surface area contributed by atoms with Crippen LogP contribution in [0.15, 0.2) is 78.9 Å². The van der Waals surface area contributed by atoms with Crippen LogP contribution in [-0.2, 0) is 4.79 Å². The SMILES string of the molecule is O=C(C#Cc1ccccc1)N1CCC2(CC1)CCN(C(=O)NC1c3ccccc3-c3ccccc31)C2. The molecule has 0 unspecified atom stereocenters. The van der Waals surface area contributed by atoms with Crippen LogP contribution in [0.1, 0.15) is 42.0 Å².